The van der Waals surface area contributed by atoms with Gasteiger partial charge in [-0.25, -0.2) is 0 Å². The summed E-state index contributed by atoms with van der Waals surface area (Å²) in [6, 6.07) is 7.82. The summed E-state index contributed by atoms with van der Waals surface area (Å²) in [5.41, 5.74) is 2.68. The van der Waals surface area contributed by atoms with E-state index >= 15 is 0 Å². The molecule has 1 aromatic carbocycles. The molecule has 0 bridgehead atoms. The summed E-state index contributed by atoms with van der Waals surface area (Å²) < 4.78 is 36.7. The highest BCUT2D eigenvalue weighted by molar-refractivity contribution is 5.94. The van der Waals surface area contributed by atoms with Crippen LogP contribution in [0.15, 0.2) is 42.9 Å². The molecule has 0 aliphatic heterocycles. The molecule has 25 heavy (non-hydrogen) atoms. The smallest absolute Gasteiger partial charge is 0.357 e. The van der Waals surface area contributed by atoms with E-state index in [-0.39, 0.29) is 5.69 Å². The van der Waals surface area contributed by atoms with Crippen molar-refractivity contribution in [1.29, 1.82) is 0 Å². The summed E-state index contributed by atoms with van der Waals surface area (Å²) in [6.07, 6.45) is 1.28. The van der Waals surface area contributed by atoms with E-state index in [1.165, 1.54) is 0 Å². The number of carbonyl (C=O) groups excluding carboxylic acids is 1. The zero-order chi connectivity index (χ0) is 18.0. The molecule has 4 nitrogen and oxygen atoms in total. The highest BCUT2D eigenvalue weighted by atomic mass is 19.4. The van der Waals surface area contributed by atoms with Crippen LogP contribution in [-0.2, 0) is 6.42 Å². The number of amides is 1. The molecule has 130 valence electrons. The summed E-state index contributed by atoms with van der Waals surface area (Å²) >= 11 is 0. The van der Waals surface area contributed by atoms with Crippen molar-refractivity contribution in [3.63, 3.8) is 0 Å². The predicted molar refractivity (Wildman–Crippen MR) is 88.5 cm³/mol. The van der Waals surface area contributed by atoms with Crippen LogP contribution in [0.1, 0.15) is 27.2 Å². The molecule has 2 N–H and O–H groups in total. The van der Waals surface area contributed by atoms with Crippen molar-refractivity contribution in [2.24, 2.45) is 0 Å². The molecule has 2 aromatic heterocycles. The van der Waals surface area contributed by atoms with Crippen LogP contribution in [0.4, 0.5) is 13.2 Å². The lowest BCUT2D eigenvalue weighted by atomic mass is 9.99. The van der Waals surface area contributed by atoms with Gasteiger partial charge in [0.25, 0.3) is 5.91 Å². The van der Waals surface area contributed by atoms with Crippen LogP contribution in [0, 0.1) is 6.92 Å². The second-order valence-electron chi connectivity index (χ2n) is 5.80. The number of nitrogens with one attached hydrogen (secondary N) is 2. The number of fused-ring (bicyclic) bond motifs is 1. The molecule has 0 atom stereocenters. The first kappa shape index (κ1) is 17.0. The van der Waals surface area contributed by atoms with Crippen LogP contribution in [-0.4, -0.2) is 28.6 Å². The van der Waals surface area contributed by atoms with Crippen LogP contribution in [0.25, 0.3) is 10.8 Å². The molecule has 1 amide bonds. The first-order valence-corrected chi connectivity index (χ1v) is 7.68. The topological polar surface area (TPSA) is 57.8 Å². The monoisotopic (exact) mass is 347 g/mol. The Morgan fingerprint density at radius 1 is 1.24 bits per heavy atom. The highest BCUT2D eigenvalue weighted by Gasteiger charge is 2.28. The van der Waals surface area contributed by atoms with Crippen molar-refractivity contribution in [3.8, 4) is 0 Å². The number of benzene rings is 1. The van der Waals surface area contributed by atoms with Gasteiger partial charge in [0.1, 0.15) is 12.2 Å². The zero-order valence-electron chi connectivity index (χ0n) is 13.4. The SMILES string of the molecule is Cc1c(Cc2cccc3ccncc23)c[nH]c1C(=O)NCC(F)(F)F. The number of hydrogen-bond donors (Lipinski definition) is 2. The van der Waals surface area contributed by atoms with Gasteiger partial charge in [0, 0.05) is 24.0 Å². The Morgan fingerprint density at radius 3 is 2.80 bits per heavy atom. The van der Waals surface area contributed by atoms with Crippen LogP contribution >= 0.6 is 0 Å². The van der Waals surface area contributed by atoms with Crippen molar-refractivity contribution in [2.45, 2.75) is 19.5 Å². The maximum Gasteiger partial charge on any atom is 0.405 e. The Labute approximate surface area is 142 Å². The summed E-state index contributed by atoms with van der Waals surface area (Å²) in [7, 11) is 0. The van der Waals surface area contributed by atoms with E-state index in [1.54, 1.807) is 25.5 Å². The second kappa shape index (κ2) is 6.58. The third-order valence-electron chi connectivity index (χ3n) is 4.08. The van der Waals surface area contributed by atoms with Gasteiger partial charge in [-0.1, -0.05) is 18.2 Å². The summed E-state index contributed by atoms with van der Waals surface area (Å²) in [6.45, 7) is 0.367. The van der Waals surface area contributed by atoms with Crippen LogP contribution in [0.2, 0.25) is 0 Å². The number of nitrogens with zero attached hydrogens (tertiary/aromatic N) is 1. The maximum absolute atomic E-state index is 12.2. The Morgan fingerprint density at radius 2 is 2.04 bits per heavy atom. The number of aromatic nitrogens is 2. The van der Waals surface area contributed by atoms with Gasteiger partial charge in [-0.3, -0.25) is 9.78 Å². The number of carbonyl (C=O) groups is 1. The van der Waals surface area contributed by atoms with Gasteiger partial charge in [-0.2, -0.15) is 13.2 Å². The Balaban J connectivity index is 1.83. The van der Waals surface area contributed by atoms with Gasteiger partial charge in [-0.05, 0) is 41.5 Å². The van der Waals surface area contributed by atoms with E-state index in [2.05, 4.69) is 9.97 Å². The summed E-state index contributed by atoms with van der Waals surface area (Å²) in [4.78, 5) is 18.9. The van der Waals surface area contributed by atoms with Gasteiger partial charge >= 0.3 is 6.18 Å². The van der Waals surface area contributed by atoms with E-state index in [0.29, 0.717) is 12.0 Å². The van der Waals surface area contributed by atoms with Crippen molar-refractivity contribution in [1.82, 2.24) is 15.3 Å². The quantitative estimate of drug-likeness (QED) is 0.755. The molecule has 3 rings (SSSR count). The fourth-order valence-corrected chi connectivity index (χ4v) is 2.76. The molecule has 0 saturated heterocycles. The molecule has 0 radical (unpaired) electrons. The molecule has 0 unspecified atom stereocenters. The molecular formula is C18H16F3N3O. The van der Waals surface area contributed by atoms with E-state index in [9.17, 15) is 18.0 Å². The third-order valence-corrected chi connectivity index (χ3v) is 4.08. The highest BCUT2D eigenvalue weighted by Crippen LogP contribution is 2.23. The Kier molecular flexibility index (Phi) is 4.48. The fraction of sp³-hybridized carbons (Fsp3) is 0.222. The normalized spacial score (nSPS) is 11.7. The lowest BCUT2D eigenvalue weighted by Gasteiger charge is -2.08. The van der Waals surface area contributed by atoms with Crippen molar-refractivity contribution >= 4 is 16.7 Å². The summed E-state index contributed by atoms with van der Waals surface area (Å²) in [5.74, 6) is -0.763. The molecule has 0 aliphatic rings. The maximum atomic E-state index is 12.2. The van der Waals surface area contributed by atoms with Gasteiger partial charge in [0.05, 0.1) is 0 Å². The molecule has 2 heterocycles. The zero-order valence-corrected chi connectivity index (χ0v) is 13.4. The summed E-state index contributed by atoms with van der Waals surface area (Å²) in [5, 5.41) is 3.95. The molecule has 7 heteroatoms. The van der Waals surface area contributed by atoms with E-state index in [1.807, 2.05) is 29.6 Å². The minimum atomic E-state index is -4.44. The number of pyridine rings is 1. The standard InChI is InChI=1S/C18H16F3N3O/c1-11-14(8-23-16(11)17(25)24-10-18(19,20)21)7-13-4-2-3-12-5-6-22-9-15(12)13/h2-6,8-9,23H,7,10H2,1H3,(H,24,25). The minimum Gasteiger partial charge on any atom is -0.357 e. The second-order valence-corrected chi connectivity index (χ2v) is 5.80. The van der Waals surface area contributed by atoms with Crippen molar-refractivity contribution < 1.29 is 18.0 Å². The molecule has 0 spiro atoms. The average molecular weight is 347 g/mol. The Hall–Kier alpha value is -2.83. The minimum absolute atomic E-state index is 0.151. The number of H-pyrrole nitrogens is 1. The van der Waals surface area contributed by atoms with Crippen LogP contribution < -0.4 is 5.32 Å². The fourth-order valence-electron chi connectivity index (χ4n) is 2.76. The predicted octanol–water partition coefficient (Wildman–Crippen LogP) is 3.75. The van der Waals surface area contributed by atoms with Crippen LogP contribution in [0.5, 0.6) is 0 Å². The lowest BCUT2D eigenvalue weighted by molar-refractivity contribution is -0.123. The first-order chi connectivity index (χ1) is 11.8. The molecule has 0 aliphatic carbocycles. The molecule has 0 fully saturated rings. The van der Waals surface area contributed by atoms with Crippen LogP contribution in [0.3, 0.4) is 0 Å². The molecule has 3 aromatic rings. The number of hydrogen-bond acceptors (Lipinski definition) is 2. The number of alkyl halides is 3. The van der Waals surface area contributed by atoms with E-state index in [4.69, 9.17) is 0 Å². The van der Waals surface area contributed by atoms with E-state index in [0.717, 1.165) is 21.9 Å². The van der Waals surface area contributed by atoms with Crippen molar-refractivity contribution in [3.05, 3.63) is 65.2 Å². The number of rotatable bonds is 4. The number of halogens is 3. The molecular weight excluding hydrogens is 331 g/mol. The van der Waals surface area contributed by atoms with Gasteiger partial charge in [0.2, 0.25) is 0 Å². The third kappa shape index (κ3) is 3.81. The average Bonchev–Trinajstić information content (AvgIpc) is 2.93. The van der Waals surface area contributed by atoms with Gasteiger partial charge in [0.15, 0.2) is 0 Å². The van der Waals surface area contributed by atoms with Gasteiger partial charge < -0.3 is 10.3 Å². The van der Waals surface area contributed by atoms with Gasteiger partial charge in [-0.15, -0.1) is 0 Å². The Bertz CT molecular complexity index is 910. The molecule has 0 saturated carbocycles. The lowest BCUT2D eigenvalue weighted by Crippen LogP contribution is -2.34. The number of aromatic amines is 1. The van der Waals surface area contributed by atoms with E-state index < -0.39 is 18.6 Å². The first-order valence-electron chi connectivity index (χ1n) is 7.68. The largest absolute Gasteiger partial charge is 0.405 e. The van der Waals surface area contributed by atoms with Crippen molar-refractivity contribution in [2.75, 3.05) is 6.54 Å².